The van der Waals surface area contributed by atoms with Crippen LogP contribution in [-0.2, 0) is 36.9 Å². The summed E-state index contributed by atoms with van der Waals surface area (Å²) in [7, 11) is 0. The van der Waals surface area contributed by atoms with Crippen LogP contribution in [0, 0.1) is 0 Å². The number of hydrogen-bond donors (Lipinski definition) is 0. The fraction of sp³-hybridized carbons (Fsp3) is 1.00. The van der Waals surface area contributed by atoms with E-state index in [9.17, 15) is 0 Å². The molecule has 0 aromatic carbocycles. The zero-order valence-corrected chi connectivity index (χ0v) is 11.9. The molecule has 1 aliphatic heterocycles. The first-order valence-corrected chi connectivity index (χ1v) is 4.15. The molecule has 0 aromatic heterocycles. The molecule has 1 saturated heterocycles. The fourth-order valence-electron chi connectivity index (χ4n) is 1.88. The van der Waals surface area contributed by atoms with Gasteiger partial charge in [0.1, 0.15) is 0 Å². The number of hydrogen-bond acceptors (Lipinski definition) is 0. The van der Waals surface area contributed by atoms with Crippen molar-refractivity contribution >= 4 is 0 Å². The van der Waals surface area contributed by atoms with Crippen molar-refractivity contribution in [1.29, 1.82) is 0 Å². The zero-order valence-electron chi connectivity index (χ0n) is 9.17. The molecule has 0 atom stereocenters. The molecule has 1 heterocycles. The minimum Gasteiger partial charge on any atom is -2.00 e. The van der Waals surface area contributed by atoms with Crippen LogP contribution in [-0.4, -0.2) is 11.1 Å². The second-order valence-corrected chi connectivity index (χ2v) is 4.59. The van der Waals surface area contributed by atoms with E-state index in [-0.39, 0.29) is 47.9 Å². The Morgan fingerprint density at radius 1 is 0.786 bits per heavy atom. The van der Waals surface area contributed by atoms with Crippen LogP contribution < -0.4 is 0 Å². The van der Waals surface area contributed by atoms with Gasteiger partial charge in [0.2, 0.25) is 0 Å². The number of nitrogens with zero attached hydrogens (tertiary/aromatic N) is 1. The average Bonchev–Trinajstić information content (AvgIpc) is 1.56. The summed E-state index contributed by atoms with van der Waals surface area (Å²) in [6, 6.07) is 0. The second-order valence-electron chi connectivity index (χ2n) is 4.59. The van der Waals surface area contributed by atoms with Gasteiger partial charge in [0.25, 0.3) is 0 Å². The van der Waals surface area contributed by atoms with Crippen LogP contribution in [0.4, 0.5) is 0 Å². The van der Waals surface area contributed by atoms with Gasteiger partial charge in [-0.25, -0.2) is 0 Å². The van der Waals surface area contributed by atoms with Crippen molar-refractivity contribution in [3.63, 3.8) is 0 Å². The standard InChI is InChI=1S/C9H18N.3O.Re/c1-8(2)6-5-7-9(3,4)10-8;;;;/h5-7H2,1-4H3;;;;/q-1;3*-2;. The fourth-order valence-corrected chi connectivity index (χ4v) is 1.88. The molecule has 0 saturated carbocycles. The molecular weight excluding hydrogens is 356 g/mol. The molecule has 0 amide bonds. The first-order valence-electron chi connectivity index (χ1n) is 4.15. The Morgan fingerprint density at radius 3 is 1.21 bits per heavy atom. The molecule has 0 aromatic rings. The van der Waals surface area contributed by atoms with Crippen molar-refractivity contribution in [3.05, 3.63) is 5.32 Å². The van der Waals surface area contributed by atoms with E-state index in [0.29, 0.717) is 0 Å². The Labute approximate surface area is 100 Å². The number of rotatable bonds is 0. The smallest absolute Gasteiger partial charge is 0 e. The molecule has 1 radical (unpaired) electrons. The monoisotopic (exact) mass is 375 g/mol. The topological polar surface area (TPSA) is 99.6 Å². The molecule has 0 N–H and O–H groups in total. The van der Waals surface area contributed by atoms with Gasteiger partial charge in [-0.3, -0.25) is 0 Å². The van der Waals surface area contributed by atoms with Gasteiger partial charge in [-0.15, -0.1) is 11.1 Å². The van der Waals surface area contributed by atoms with E-state index < -0.39 is 0 Å². The van der Waals surface area contributed by atoms with Crippen molar-refractivity contribution < 1.29 is 36.9 Å². The predicted molar refractivity (Wildman–Crippen MR) is 47.4 cm³/mol. The van der Waals surface area contributed by atoms with Crippen LogP contribution in [0.25, 0.3) is 5.32 Å². The number of piperidine rings is 1. The Balaban J connectivity index is -0.000000125. The summed E-state index contributed by atoms with van der Waals surface area (Å²) >= 11 is 0. The van der Waals surface area contributed by atoms with Gasteiger partial charge >= 0.3 is 0 Å². The molecule has 1 rings (SSSR count). The Bertz CT molecular complexity index is 126. The van der Waals surface area contributed by atoms with E-state index in [2.05, 4.69) is 27.7 Å². The van der Waals surface area contributed by atoms with Gasteiger partial charge in [-0.1, -0.05) is 47.0 Å². The minimum absolute atomic E-state index is 0. The third-order valence-corrected chi connectivity index (χ3v) is 2.18. The first-order chi connectivity index (χ1) is 4.41. The van der Waals surface area contributed by atoms with Gasteiger partial charge in [0.05, 0.1) is 0 Å². The quantitative estimate of drug-likeness (QED) is 0.623. The van der Waals surface area contributed by atoms with Crippen LogP contribution in [0.3, 0.4) is 0 Å². The van der Waals surface area contributed by atoms with Crippen molar-refractivity contribution in [2.24, 2.45) is 0 Å². The van der Waals surface area contributed by atoms with Crippen molar-refractivity contribution in [2.45, 2.75) is 58.0 Å². The predicted octanol–water partition coefficient (Wildman–Crippen LogP) is 2.74. The zero-order chi connectivity index (χ0) is 7.83. The molecule has 5 heteroatoms. The van der Waals surface area contributed by atoms with Gasteiger partial charge in [0, 0.05) is 20.4 Å². The normalized spacial score (nSPS) is 21.4. The third kappa shape index (κ3) is 7.86. The molecule has 4 nitrogen and oxygen atoms in total. The van der Waals surface area contributed by atoms with Crippen LogP contribution >= 0.6 is 0 Å². The Hall–Kier alpha value is 0.502. The first kappa shape index (κ1) is 24.0. The molecule has 1 aliphatic rings. The van der Waals surface area contributed by atoms with E-state index in [1.54, 1.807) is 0 Å². The van der Waals surface area contributed by atoms with Crippen molar-refractivity contribution in [2.75, 3.05) is 0 Å². The van der Waals surface area contributed by atoms with Crippen LogP contribution in [0.2, 0.25) is 0 Å². The summed E-state index contributed by atoms with van der Waals surface area (Å²) in [6.45, 7) is 8.92. The summed E-state index contributed by atoms with van der Waals surface area (Å²) in [4.78, 5) is 0. The maximum atomic E-state index is 4.75. The molecule has 14 heavy (non-hydrogen) atoms. The van der Waals surface area contributed by atoms with Crippen molar-refractivity contribution in [3.8, 4) is 0 Å². The van der Waals surface area contributed by atoms with E-state index in [0.717, 1.165) is 0 Å². The van der Waals surface area contributed by atoms with E-state index in [4.69, 9.17) is 5.32 Å². The largest absolute Gasteiger partial charge is 2.00 e. The van der Waals surface area contributed by atoms with Crippen LogP contribution in [0.1, 0.15) is 47.0 Å². The molecule has 0 spiro atoms. The summed E-state index contributed by atoms with van der Waals surface area (Å²) in [5, 5.41) is 4.75. The van der Waals surface area contributed by atoms with E-state index in [1.165, 1.54) is 19.3 Å². The molecule has 0 aliphatic carbocycles. The maximum Gasteiger partial charge on any atom is 0 e. The summed E-state index contributed by atoms with van der Waals surface area (Å²) in [5.41, 5.74) is 0.476. The van der Waals surface area contributed by atoms with E-state index in [1.807, 2.05) is 0 Å². The maximum absolute atomic E-state index is 4.75. The Kier molecular flexibility index (Phi) is 13.3. The average molecular weight is 374 g/mol. The molecular formula is C9H18NO3Re-7. The summed E-state index contributed by atoms with van der Waals surface area (Å²) in [6.07, 6.45) is 3.86. The molecule has 1 fully saturated rings. The van der Waals surface area contributed by atoms with Gasteiger partial charge in [-0.05, 0) is 0 Å². The third-order valence-electron chi connectivity index (χ3n) is 2.18. The molecule has 0 bridgehead atoms. The van der Waals surface area contributed by atoms with Gasteiger partial charge < -0.3 is 21.7 Å². The Morgan fingerprint density at radius 2 is 1.07 bits per heavy atom. The summed E-state index contributed by atoms with van der Waals surface area (Å²) < 4.78 is 0. The SMILES string of the molecule is CC1(C)CCCC(C)(C)[N-]1.[O-2].[O-2].[O-2].[Re]. The molecule has 91 valence electrons. The van der Waals surface area contributed by atoms with Gasteiger partial charge in [0.15, 0.2) is 0 Å². The second kappa shape index (κ2) is 7.75. The van der Waals surface area contributed by atoms with Gasteiger partial charge in [-0.2, -0.15) is 0 Å². The minimum atomic E-state index is 0. The van der Waals surface area contributed by atoms with Crippen LogP contribution in [0.5, 0.6) is 0 Å². The van der Waals surface area contributed by atoms with Crippen LogP contribution in [0.15, 0.2) is 0 Å². The molecule has 0 unspecified atom stereocenters. The van der Waals surface area contributed by atoms with Crippen molar-refractivity contribution in [1.82, 2.24) is 0 Å². The van der Waals surface area contributed by atoms with E-state index >= 15 is 0 Å². The summed E-state index contributed by atoms with van der Waals surface area (Å²) in [5.74, 6) is 0.